The number of hydrogen-bond acceptors (Lipinski definition) is 6. The molecule has 2 heterocycles. The second-order valence-corrected chi connectivity index (χ2v) is 10.1. The number of carbonyl (C=O) groups is 1. The van der Waals surface area contributed by atoms with E-state index >= 15 is 0 Å². The van der Waals surface area contributed by atoms with Gasteiger partial charge in [0, 0.05) is 17.1 Å². The Morgan fingerprint density at radius 1 is 1.11 bits per heavy atom. The predicted octanol–water partition coefficient (Wildman–Crippen LogP) is 6.50. The molecule has 0 fully saturated rings. The number of ether oxygens (including phenoxy) is 1. The van der Waals surface area contributed by atoms with Crippen LogP contribution in [0, 0.1) is 13.8 Å². The van der Waals surface area contributed by atoms with E-state index in [2.05, 4.69) is 24.5 Å². The van der Waals surface area contributed by atoms with Crippen molar-refractivity contribution in [2.45, 2.75) is 65.1 Å². The second-order valence-electron chi connectivity index (χ2n) is 9.05. The molecule has 1 aliphatic heterocycles. The number of hydrogen-bond donors (Lipinski definition) is 2. The molecule has 4 rings (SSSR count). The summed E-state index contributed by atoms with van der Waals surface area (Å²) >= 11 is 1.64. The van der Waals surface area contributed by atoms with Gasteiger partial charge in [0.2, 0.25) is 11.1 Å². The first-order valence-corrected chi connectivity index (χ1v) is 13.6. The highest BCUT2D eigenvalue weighted by Crippen LogP contribution is 2.37. The number of nitrogens with zero attached hydrogens (tertiary/aromatic N) is 3. The molecule has 36 heavy (non-hydrogen) atoms. The number of fused-ring (bicyclic) bond motifs is 1. The van der Waals surface area contributed by atoms with Crippen molar-refractivity contribution in [3.05, 3.63) is 70.4 Å². The Labute approximate surface area is 217 Å². The molecule has 1 aromatic heterocycles. The zero-order valence-corrected chi connectivity index (χ0v) is 22.5. The Morgan fingerprint density at radius 2 is 1.89 bits per heavy atom. The molecule has 2 aromatic carbocycles. The van der Waals surface area contributed by atoms with E-state index in [1.54, 1.807) is 11.8 Å². The van der Waals surface area contributed by atoms with E-state index < -0.39 is 6.04 Å². The molecule has 1 amide bonds. The third-order valence-corrected chi connectivity index (χ3v) is 7.25. The number of benzene rings is 2. The minimum atomic E-state index is -0.417. The maximum atomic E-state index is 13.8. The van der Waals surface area contributed by atoms with Crippen molar-refractivity contribution in [3.63, 3.8) is 0 Å². The quantitative estimate of drug-likeness (QED) is 0.242. The lowest BCUT2D eigenvalue weighted by Gasteiger charge is -2.29. The van der Waals surface area contributed by atoms with Gasteiger partial charge in [-0.2, -0.15) is 4.98 Å². The van der Waals surface area contributed by atoms with E-state index in [-0.39, 0.29) is 5.91 Å². The SMILES string of the molecule is CCCCSc1nc2n(n1)C(c1ccc(OCCC)cc1)C(C(=O)Nc1cccc(C)c1C)=C(C)N2. The fraction of sp³-hybridized carbons (Fsp3) is 0.393. The van der Waals surface area contributed by atoms with E-state index in [1.807, 2.05) is 67.9 Å². The summed E-state index contributed by atoms with van der Waals surface area (Å²) in [6, 6.07) is 13.4. The lowest BCUT2D eigenvalue weighted by molar-refractivity contribution is -0.113. The Balaban J connectivity index is 1.71. The van der Waals surface area contributed by atoms with Gasteiger partial charge in [-0.25, -0.2) is 4.68 Å². The fourth-order valence-corrected chi connectivity index (χ4v) is 5.06. The van der Waals surface area contributed by atoms with E-state index in [4.69, 9.17) is 14.8 Å². The van der Waals surface area contributed by atoms with Gasteiger partial charge in [0.05, 0.1) is 12.2 Å². The van der Waals surface area contributed by atoms with Gasteiger partial charge in [-0.15, -0.1) is 5.10 Å². The van der Waals surface area contributed by atoms with Gasteiger partial charge in [-0.1, -0.05) is 56.3 Å². The fourth-order valence-electron chi connectivity index (χ4n) is 4.15. The van der Waals surface area contributed by atoms with Gasteiger partial charge in [0.25, 0.3) is 5.91 Å². The van der Waals surface area contributed by atoms with Crippen molar-refractivity contribution < 1.29 is 9.53 Å². The number of nitrogens with one attached hydrogen (secondary N) is 2. The second kappa shape index (κ2) is 11.6. The van der Waals surface area contributed by atoms with Gasteiger partial charge in [0.1, 0.15) is 11.8 Å². The highest BCUT2D eigenvalue weighted by Gasteiger charge is 2.34. The molecule has 1 unspecified atom stereocenters. The summed E-state index contributed by atoms with van der Waals surface area (Å²) < 4.78 is 7.62. The molecule has 7 nitrogen and oxygen atoms in total. The van der Waals surface area contributed by atoms with Crippen LogP contribution in [0.3, 0.4) is 0 Å². The van der Waals surface area contributed by atoms with Gasteiger partial charge in [0.15, 0.2) is 0 Å². The number of thioether (sulfide) groups is 1. The molecule has 1 aliphatic rings. The van der Waals surface area contributed by atoms with Crippen LogP contribution in [0.15, 0.2) is 58.9 Å². The molecular weight excluding hydrogens is 470 g/mol. The van der Waals surface area contributed by atoms with Gasteiger partial charge >= 0.3 is 0 Å². The zero-order valence-electron chi connectivity index (χ0n) is 21.7. The summed E-state index contributed by atoms with van der Waals surface area (Å²) in [7, 11) is 0. The molecule has 8 heteroatoms. The number of amides is 1. The van der Waals surface area contributed by atoms with Crippen molar-refractivity contribution in [2.24, 2.45) is 0 Å². The standard InChI is InChI=1S/C28H35N5O2S/c1-6-8-17-36-28-31-27-29-20(5)24(26(34)30-23-11-9-10-18(3)19(23)4)25(33(27)32-28)21-12-14-22(15-13-21)35-16-7-2/h9-15,25H,6-8,16-17H2,1-5H3,(H,30,34)(H,29,31,32). The Morgan fingerprint density at radius 3 is 2.61 bits per heavy atom. The smallest absolute Gasteiger partial charge is 0.255 e. The van der Waals surface area contributed by atoms with Crippen LogP contribution in [-0.4, -0.2) is 33.0 Å². The van der Waals surface area contributed by atoms with E-state index in [1.165, 1.54) is 0 Å². The summed E-state index contributed by atoms with van der Waals surface area (Å²) in [5.41, 5.74) is 5.31. The third kappa shape index (κ3) is 5.59. The molecule has 0 bridgehead atoms. The highest BCUT2D eigenvalue weighted by molar-refractivity contribution is 7.99. The lowest BCUT2D eigenvalue weighted by atomic mass is 9.94. The molecule has 0 spiro atoms. The van der Waals surface area contributed by atoms with Crippen molar-refractivity contribution in [1.29, 1.82) is 0 Å². The lowest BCUT2D eigenvalue weighted by Crippen LogP contribution is -2.31. The number of unbranched alkanes of at least 4 members (excludes halogenated alkanes) is 1. The van der Waals surface area contributed by atoms with Crippen LogP contribution < -0.4 is 15.4 Å². The molecule has 0 saturated heterocycles. The topological polar surface area (TPSA) is 81.1 Å². The first kappa shape index (κ1) is 25.8. The molecule has 0 aliphatic carbocycles. The number of carbonyl (C=O) groups excluding carboxylic acids is 1. The van der Waals surface area contributed by atoms with Crippen molar-refractivity contribution >= 4 is 29.3 Å². The predicted molar refractivity (Wildman–Crippen MR) is 147 cm³/mol. The zero-order chi connectivity index (χ0) is 25.7. The van der Waals surface area contributed by atoms with Crippen LogP contribution in [0.1, 0.15) is 62.8 Å². The Bertz CT molecular complexity index is 1250. The molecule has 1 atom stereocenters. The van der Waals surface area contributed by atoms with Gasteiger partial charge in [-0.3, -0.25) is 4.79 Å². The maximum Gasteiger partial charge on any atom is 0.255 e. The van der Waals surface area contributed by atoms with Gasteiger partial charge in [-0.05, 0) is 68.5 Å². The number of rotatable bonds is 10. The van der Waals surface area contributed by atoms with E-state index in [0.717, 1.165) is 58.8 Å². The molecule has 0 radical (unpaired) electrons. The minimum absolute atomic E-state index is 0.161. The van der Waals surface area contributed by atoms with Crippen molar-refractivity contribution in [3.8, 4) is 5.75 Å². The number of anilines is 2. The normalized spacial score (nSPS) is 14.9. The summed E-state index contributed by atoms with van der Waals surface area (Å²) in [4.78, 5) is 18.5. The van der Waals surface area contributed by atoms with Gasteiger partial charge < -0.3 is 15.4 Å². The van der Waals surface area contributed by atoms with Crippen LogP contribution in [0.2, 0.25) is 0 Å². The van der Waals surface area contributed by atoms with Crippen LogP contribution in [0.4, 0.5) is 11.6 Å². The van der Waals surface area contributed by atoms with Crippen LogP contribution in [0.25, 0.3) is 0 Å². The number of aromatic nitrogens is 3. The molecule has 3 aromatic rings. The summed E-state index contributed by atoms with van der Waals surface area (Å²) in [5, 5.41) is 12.0. The average Bonchev–Trinajstić information content (AvgIpc) is 3.27. The van der Waals surface area contributed by atoms with E-state index in [9.17, 15) is 4.79 Å². The van der Waals surface area contributed by atoms with E-state index in [0.29, 0.717) is 23.3 Å². The third-order valence-electron chi connectivity index (χ3n) is 6.33. The summed E-state index contributed by atoms with van der Waals surface area (Å²) in [6.07, 6.45) is 3.17. The number of aryl methyl sites for hydroxylation is 1. The molecule has 2 N–H and O–H groups in total. The molecular formula is C28H35N5O2S. The first-order chi connectivity index (χ1) is 17.4. The Kier molecular flexibility index (Phi) is 8.36. The first-order valence-electron chi connectivity index (χ1n) is 12.6. The summed E-state index contributed by atoms with van der Waals surface area (Å²) in [6.45, 7) is 10.9. The molecule has 0 saturated carbocycles. The van der Waals surface area contributed by atoms with Crippen LogP contribution >= 0.6 is 11.8 Å². The monoisotopic (exact) mass is 505 g/mol. The average molecular weight is 506 g/mol. The highest BCUT2D eigenvalue weighted by atomic mass is 32.2. The van der Waals surface area contributed by atoms with Crippen molar-refractivity contribution in [2.75, 3.05) is 23.0 Å². The van der Waals surface area contributed by atoms with Crippen LogP contribution in [-0.2, 0) is 4.79 Å². The maximum absolute atomic E-state index is 13.8. The minimum Gasteiger partial charge on any atom is -0.494 e. The summed E-state index contributed by atoms with van der Waals surface area (Å²) in [5.74, 6) is 2.25. The van der Waals surface area contributed by atoms with Crippen LogP contribution in [0.5, 0.6) is 5.75 Å². The Hall–Kier alpha value is -3.26. The number of allylic oxidation sites excluding steroid dienone is 1. The molecule has 190 valence electrons. The van der Waals surface area contributed by atoms with Crippen molar-refractivity contribution in [1.82, 2.24) is 14.8 Å². The largest absolute Gasteiger partial charge is 0.494 e.